The summed E-state index contributed by atoms with van der Waals surface area (Å²) in [5, 5.41) is 29.1. The van der Waals surface area contributed by atoms with Crippen molar-refractivity contribution >= 4 is 17.6 Å². The number of nitrogens with zero attached hydrogens (tertiary/aromatic N) is 4. The third-order valence-electron chi connectivity index (χ3n) is 3.86. The number of rotatable bonds is 4. The monoisotopic (exact) mass is 421 g/mol. The molecule has 2 aromatic rings. The predicted molar refractivity (Wildman–Crippen MR) is 94.7 cm³/mol. The number of carboxylic acid groups (broad SMARTS) is 1. The predicted octanol–water partition coefficient (Wildman–Crippen LogP) is 1.71. The summed E-state index contributed by atoms with van der Waals surface area (Å²) in [6.07, 6.45) is -2.39. The van der Waals surface area contributed by atoms with Crippen LogP contribution in [0.2, 0.25) is 5.02 Å². The molecule has 0 bridgehead atoms. The number of hydrogen-bond donors (Lipinski definition) is 3. The minimum absolute atomic E-state index is 0.137. The standard InChI is InChI=1S/C14H18ClN5O.C2HF3O2/c15-11-1-2-14(21)13(9-11)20-10-12(17-18-20)3-6-19-7-4-16-5-8-19;3-2(4,5)1(6)7/h1-2,9-10,16,21H,3-8H2;(H,6,7). The summed E-state index contributed by atoms with van der Waals surface area (Å²) in [6, 6.07) is 4.87. The number of carboxylic acids is 1. The molecule has 2 heterocycles. The van der Waals surface area contributed by atoms with Crippen LogP contribution in [0.4, 0.5) is 13.2 Å². The Morgan fingerprint density at radius 2 is 1.93 bits per heavy atom. The van der Waals surface area contributed by atoms with E-state index < -0.39 is 12.1 Å². The summed E-state index contributed by atoms with van der Waals surface area (Å²) in [5.74, 6) is -2.62. The molecule has 1 aromatic carbocycles. The van der Waals surface area contributed by atoms with E-state index in [-0.39, 0.29) is 5.75 Å². The van der Waals surface area contributed by atoms with E-state index in [1.165, 1.54) is 0 Å². The highest BCUT2D eigenvalue weighted by atomic mass is 35.5. The van der Waals surface area contributed by atoms with Crippen molar-refractivity contribution in [2.45, 2.75) is 12.6 Å². The fourth-order valence-electron chi connectivity index (χ4n) is 2.42. The molecule has 0 radical (unpaired) electrons. The molecule has 1 aromatic heterocycles. The zero-order valence-corrected chi connectivity index (χ0v) is 15.4. The second kappa shape index (κ2) is 9.71. The zero-order chi connectivity index (χ0) is 20.7. The molecule has 1 fully saturated rings. The summed E-state index contributed by atoms with van der Waals surface area (Å²) in [6.45, 7) is 5.21. The Kier molecular flexibility index (Phi) is 7.61. The Morgan fingerprint density at radius 3 is 2.54 bits per heavy atom. The quantitative estimate of drug-likeness (QED) is 0.690. The van der Waals surface area contributed by atoms with Crippen LogP contribution in [0.1, 0.15) is 5.69 Å². The fourth-order valence-corrected chi connectivity index (χ4v) is 2.58. The van der Waals surface area contributed by atoms with Crippen LogP contribution in [0, 0.1) is 0 Å². The average molecular weight is 422 g/mol. The molecule has 0 saturated carbocycles. The average Bonchev–Trinajstić information content (AvgIpc) is 3.11. The van der Waals surface area contributed by atoms with Crippen LogP contribution in [0.5, 0.6) is 5.75 Å². The van der Waals surface area contributed by atoms with Crippen molar-refractivity contribution < 1.29 is 28.2 Å². The van der Waals surface area contributed by atoms with E-state index in [9.17, 15) is 18.3 Å². The maximum absolute atomic E-state index is 10.6. The van der Waals surface area contributed by atoms with Crippen LogP contribution in [-0.4, -0.2) is 75.0 Å². The van der Waals surface area contributed by atoms with E-state index in [1.807, 2.05) is 6.20 Å². The van der Waals surface area contributed by atoms with Gasteiger partial charge in [-0.3, -0.25) is 0 Å². The van der Waals surface area contributed by atoms with E-state index in [0.29, 0.717) is 10.7 Å². The van der Waals surface area contributed by atoms with Crippen molar-refractivity contribution in [1.82, 2.24) is 25.2 Å². The highest BCUT2D eigenvalue weighted by Gasteiger charge is 2.38. The van der Waals surface area contributed by atoms with Gasteiger partial charge in [-0.05, 0) is 18.2 Å². The van der Waals surface area contributed by atoms with Crippen molar-refractivity contribution in [3.8, 4) is 11.4 Å². The first-order valence-corrected chi connectivity index (χ1v) is 8.68. The largest absolute Gasteiger partial charge is 0.506 e. The summed E-state index contributed by atoms with van der Waals surface area (Å²) in [7, 11) is 0. The van der Waals surface area contributed by atoms with Gasteiger partial charge in [-0.25, -0.2) is 9.48 Å². The molecular weight excluding hydrogens is 403 g/mol. The van der Waals surface area contributed by atoms with E-state index in [0.717, 1.165) is 44.8 Å². The summed E-state index contributed by atoms with van der Waals surface area (Å²) in [5.41, 5.74) is 1.45. The van der Waals surface area contributed by atoms with Gasteiger partial charge >= 0.3 is 12.1 Å². The Bertz CT molecular complexity index is 794. The van der Waals surface area contributed by atoms with Crippen LogP contribution < -0.4 is 5.32 Å². The minimum Gasteiger partial charge on any atom is -0.506 e. The molecule has 0 aliphatic carbocycles. The van der Waals surface area contributed by atoms with Crippen LogP contribution >= 0.6 is 11.6 Å². The van der Waals surface area contributed by atoms with Crippen molar-refractivity contribution in [2.75, 3.05) is 32.7 Å². The maximum atomic E-state index is 10.6. The zero-order valence-electron chi connectivity index (χ0n) is 14.7. The topological polar surface area (TPSA) is 104 Å². The molecule has 3 rings (SSSR count). The minimum atomic E-state index is -5.08. The molecule has 12 heteroatoms. The molecule has 1 saturated heterocycles. The molecule has 8 nitrogen and oxygen atoms in total. The highest BCUT2D eigenvalue weighted by molar-refractivity contribution is 6.30. The lowest BCUT2D eigenvalue weighted by Gasteiger charge is -2.26. The molecule has 3 N–H and O–H groups in total. The number of hydrogen-bond acceptors (Lipinski definition) is 6. The van der Waals surface area contributed by atoms with Gasteiger partial charge < -0.3 is 20.4 Å². The number of phenolic OH excluding ortho intramolecular Hbond substituents is 1. The van der Waals surface area contributed by atoms with Crippen LogP contribution in [0.15, 0.2) is 24.4 Å². The lowest BCUT2D eigenvalue weighted by Crippen LogP contribution is -2.44. The lowest BCUT2D eigenvalue weighted by molar-refractivity contribution is -0.192. The number of nitrogens with one attached hydrogen (secondary N) is 1. The van der Waals surface area contributed by atoms with Gasteiger partial charge in [-0.15, -0.1) is 5.10 Å². The van der Waals surface area contributed by atoms with Crippen LogP contribution in [0.25, 0.3) is 5.69 Å². The highest BCUT2D eigenvalue weighted by Crippen LogP contribution is 2.24. The number of aromatic nitrogens is 3. The van der Waals surface area contributed by atoms with E-state index in [1.54, 1.807) is 22.9 Å². The van der Waals surface area contributed by atoms with Gasteiger partial charge in [0.05, 0.1) is 11.9 Å². The first kappa shape index (κ1) is 21.9. The maximum Gasteiger partial charge on any atom is 0.490 e. The number of halogens is 4. The van der Waals surface area contributed by atoms with Gasteiger partial charge in [0, 0.05) is 44.2 Å². The summed E-state index contributed by atoms with van der Waals surface area (Å²) in [4.78, 5) is 11.3. The molecule has 0 unspecified atom stereocenters. The van der Waals surface area contributed by atoms with Crippen molar-refractivity contribution in [2.24, 2.45) is 0 Å². The third-order valence-corrected chi connectivity index (χ3v) is 4.10. The normalized spacial score (nSPS) is 15.0. The van der Waals surface area contributed by atoms with Crippen molar-refractivity contribution in [1.29, 1.82) is 0 Å². The fraction of sp³-hybridized carbons (Fsp3) is 0.438. The molecule has 154 valence electrons. The van der Waals surface area contributed by atoms with Crippen LogP contribution in [0.3, 0.4) is 0 Å². The molecule has 1 aliphatic heterocycles. The second-order valence-corrected chi connectivity index (χ2v) is 6.37. The van der Waals surface area contributed by atoms with Gasteiger partial charge in [0.25, 0.3) is 0 Å². The van der Waals surface area contributed by atoms with E-state index >= 15 is 0 Å². The first-order chi connectivity index (χ1) is 13.2. The summed E-state index contributed by atoms with van der Waals surface area (Å²) < 4.78 is 33.3. The molecule has 0 spiro atoms. The Balaban J connectivity index is 0.000000345. The molecular formula is C16H19ClF3N5O3. The Hall–Kier alpha value is -2.37. The number of aliphatic carboxylic acids is 1. The van der Waals surface area contributed by atoms with Crippen LogP contribution in [-0.2, 0) is 11.2 Å². The Labute approximate surface area is 163 Å². The van der Waals surface area contributed by atoms with Gasteiger partial charge in [-0.1, -0.05) is 16.8 Å². The van der Waals surface area contributed by atoms with Crippen molar-refractivity contribution in [3.05, 3.63) is 35.1 Å². The number of piperazine rings is 1. The van der Waals surface area contributed by atoms with Crippen molar-refractivity contribution in [3.63, 3.8) is 0 Å². The number of alkyl halides is 3. The number of carbonyl (C=O) groups is 1. The lowest BCUT2D eigenvalue weighted by atomic mass is 10.2. The van der Waals surface area contributed by atoms with Gasteiger partial charge in [0.15, 0.2) is 0 Å². The SMILES string of the molecule is O=C(O)C(F)(F)F.Oc1ccc(Cl)cc1-n1cc(CCN2CCNCC2)nn1. The molecule has 0 amide bonds. The number of phenols is 1. The molecule has 28 heavy (non-hydrogen) atoms. The van der Waals surface area contributed by atoms with E-state index in [4.69, 9.17) is 21.5 Å². The van der Waals surface area contributed by atoms with E-state index in [2.05, 4.69) is 20.5 Å². The Morgan fingerprint density at radius 1 is 1.29 bits per heavy atom. The molecule has 0 atom stereocenters. The first-order valence-electron chi connectivity index (χ1n) is 8.30. The number of benzene rings is 1. The van der Waals surface area contributed by atoms with Gasteiger partial charge in [0.1, 0.15) is 11.4 Å². The number of aromatic hydroxyl groups is 1. The van der Waals surface area contributed by atoms with Gasteiger partial charge in [0.2, 0.25) is 0 Å². The third kappa shape index (κ3) is 6.66. The molecule has 1 aliphatic rings. The summed E-state index contributed by atoms with van der Waals surface area (Å²) >= 11 is 5.95. The smallest absolute Gasteiger partial charge is 0.490 e. The second-order valence-electron chi connectivity index (χ2n) is 5.93. The van der Waals surface area contributed by atoms with Gasteiger partial charge in [-0.2, -0.15) is 13.2 Å².